The van der Waals surface area contributed by atoms with E-state index in [-0.39, 0.29) is 5.91 Å². The van der Waals surface area contributed by atoms with Gasteiger partial charge in [-0.2, -0.15) is 0 Å². The molecule has 1 atom stereocenters. The van der Waals surface area contributed by atoms with Crippen LogP contribution in [0.3, 0.4) is 0 Å². The number of benzene rings is 1. The summed E-state index contributed by atoms with van der Waals surface area (Å²) in [5, 5.41) is 0. The molecule has 1 fully saturated rings. The number of nitrogens with zero attached hydrogens (tertiary/aromatic N) is 3. The zero-order valence-corrected chi connectivity index (χ0v) is 11.7. The number of likely N-dealkylation sites (N-methyl/N-ethyl adjacent to an activating group) is 1. The minimum Gasteiger partial charge on any atom is -0.356 e. The van der Waals surface area contributed by atoms with Crippen LogP contribution >= 0.6 is 0 Å². The summed E-state index contributed by atoms with van der Waals surface area (Å²) in [5.41, 5.74) is 7.82. The number of hydrogen-bond acceptors (Lipinski definition) is 4. The van der Waals surface area contributed by atoms with Crippen molar-refractivity contribution in [3.05, 3.63) is 29.8 Å². The number of rotatable bonds is 0. The quantitative estimate of drug-likeness (QED) is 0.771. The highest BCUT2D eigenvalue weighted by atomic mass is 16.2. The van der Waals surface area contributed by atoms with Gasteiger partial charge in [-0.1, -0.05) is 12.1 Å². The second kappa shape index (κ2) is 5.25. The number of fused-ring (bicyclic) bond motifs is 1. The second-order valence-corrected chi connectivity index (χ2v) is 5.36. The molecule has 5 nitrogen and oxygen atoms in total. The molecule has 2 aliphatic rings. The van der Waals surface area contributed by atoms with Crippen LogP contribution in [0, 0.1) is 0 Å². The first-order chi connectivity index (χ1) is 9.68. The molecule has 20 heavy (non-hydrogen) atoms. The van der Waals surface area contributed by atoms with Gasteiger partial charge in [0.05, 0.1) is 5.69 Å². The summed E-state index contributed by atoms with van der Waals surface area (Å²) in [6.07, 6.45) is 2.78. The molecule has 0 saturated carbocycles. The molecule has 2 N–H and O–H groups in total. The lowest BCUT2D eigenvalue weighted by atomic mass is 10.1. The average molecular weight is 272 g/mol. The van der Waals surface area contributed by atoms with Gasteiger partial charge < -0.3 is 15.5 Å². The van der Waals surface area contributed by atoms with E-state index in [1.807, 2.05) is 24.3 Å². The van der Waals surface area contributed by atoms with Crippen molar-refractivity contribution in [3.8, 4) is 0 Å². The van der Waals surface area contributed by atoms with Crippen molar-refractivity contribution in [3.63, 3.8) is 0 Å². The van der Waals surface area contributed by atoms with Gasteiger partial charge in [-0.3, -0.25) is 4.79 Å². The van der Waals surface area contributed by atoms with Crippen LogP contribution < -0.4 is 10.6 Å². The van der Waals surface area contributed by atoms with Gasteiger partial charge in [0.2, 0.25) is 0 Å². The number of aliphatic imine (C=N–C) groups is 1. The molecule has 1 aromatic rings. The molecular weight excluding hydrogens is 252 g/mol. The maximum absolute atomic E-state index is 12.2. The van der Waals surface area contributed by atoms with E-state index >= 15 is 0 Å². The Labute approximate surface area is 119 Å². The monoisotopic (exact) mass is 272 g/mol. The summed E-state index contributed by atoms with van der Waals surface area (Å²) in [6, 6.07) is 7.88. The van der Waals surface area contributed by atoms with Gasteiger partial charge in [-0.05, 0) is 31.4 Å². The van der Waals surface area contributed by atoms with Gasteiger partial charge in [0.15, 0.2) is 6.17 Å². The molecule has 3 rings (SSSR count). The topological polar surface area (TPSA) is 61.9 Å². The number of benzodiazepines with no additional fused rings is 1. The molecule has 0 spiro atoms. The van der Waals surface area contributed by atoms with Gasteiger partial charge in [0.25, 0.3) is 5.91 Å². The lowest BCUT2D eigenvalue weighted by Crippen LogP contribution is -2.40. The number of anilines is 1. The summed E-state index contributed by atoms with van der Waals surface area (Å²) in [4.78, 5) is 20.6. The van der Waals surface area contributed by atoms with Crippen LogP contribution in [-0.2, 0) is 4.79 Å². The third-order valence-electron chi connectivity index (χ3n) is 4.01. The minimum absolute atomic E-state index is 0.163. The van der Waals surface area contributed by atoms with E-state index < -0.39 is 6.17 Å². The largest absolute Gasteiger partial charge is 0.356 e. The number of carbonyl (C=O) groups excluding carboxylic acids is 1. The fraction of sp³-hybridized carbons (Fsp3) is 0.467. The minimum atomic E-state index is -0.815. The smallest absolute Gasteiger partial charge is 0.266 e. The highest BCUT2D eigenvalue weighted by Crippen LogP contribution is 2.26. The average Bonchev–Trinajstić information content (AvgIpc) is 2.60. The summed E-state index contributed by atoms with van der Waals surface area (Å²) in [6.45, 7) is 1.97. The van der Waals surface area contributed by atoms with Crippen LogP contribution in [0.2, 0.25) is 0 Å². The highest BCUT2D eigenvalue weighted by molar-refractivity contribution is 6.11. The van der Waals surface area contributed by atoms with Crippen LogP contribution in [0.15, 0.2) is 29.3 Å². The Morgan fingerprint density at radius 2 is 1.90 bits per heavy atom. The molecule has 5 heteroatoms. The SMILES string of the molecule is CN1C(=O)C(N)N=C(N2CCCCC2)c2ccccc21. The molecule has 1 amide bonds. The molecule has 106 valence electrons. The number of amidine groups is 1. The number of para-hydroxylation sites is 1. The van der Waals surface area contributed by atoms with Crippen molar-refractivity contribution in [1.82, 2.24) is 4.90 Å². The molecule has 1 saturated heterocycles. The van der Waals surface area contributed by atoms with Gasteiger partial charge in [-0.25, -0.2) is 4.99 Å². The predicted molar refractivity (Wildman–Crippen MR) is 79.8 cm³/mol. The van der Waals surface area contributed by atoms with Crippen LogP contribution in [0.5, 0.6) is 0 Å². The third-order valence-corrected chi connectivity index (χ3v) is 4.01. The highest BCUT2D eigenvalue weighted by Gasteiger charge is 2.29. The van der Waals surface area contributed by atoms with Crippen molar-refractivity contribution in [1.29, 1.82) is 0 Å². The first-order valence-electron chi connectivity index (χ1n) is 7.14. The van der Waals surface area contributed by atoms with Gasteiger partial charge >= 0.3 is 0 Å². The molecule has 0 radical (unpaired) electrons. The molecular formula is C15H20N4O. The number of likely N-dealkylation sites (tertiary alicyclic amines) is 1. The van der Waals surface area contributed by atoms with Gasteiger partial charge in [0, 0.05) is 25.7 Å². The maximum atomic E-state index is 12.2. The van der Waals surface area contributed by atoms with Gasteiger partial charge in [-0.15, -0.1) is 0 Å². The van der Waals surface area contributed by atoms with E-state index in [4.69, 9.17) is 5.73 Å². The van der Waals surface area contributed by atoms with E-state index in [9.17, 15) is 4.79 Å². The molecule has 2 aliphatic heterocycles. The number of nitrogens with two attached hydrogens (primary N) is 1. The number of piperidine rings is 1. The van der Waals surface area contributed by atoms with Crippen molar-refractivity contribution < 1.29 is 4.79 Å². The van der Waals surface area contributed by atoms with E-state index in [2.05, 4.69) is 9.89 Å². The summed E-state index contributed by atoms with van der Waals surface area (Å²) in [5.74, 6) is 0.704. The van der Waals surface area contributed by atoms with E-state index in [1.165, 1.54) is 19.3 Å². The maximum Gasteiger partial charge on any atom is 0.266 e. The van der Waals surface area contributed by atoms with Crippen molar-refractivity contribution in [2.24, 2.45) is 10.7 Å². The van der Waals surface area contributed by atoms with Crippen LogP contribution in [0.25, 0.3) is 0 Å². The molecule has 0 bridgehead atoms. The number of carbonyl (C=O) groups is 1. The Balaban J connectivity index is 2.08. The van der Waals surface area contributed by atoms with E-state index in [0.29, 0.717) is 0 Å². The first kappa shape index (κ1) is 13.1. The van der Waals surface area contributed by atoms with E-state index in [0.717, 1.165) is 30.2 Å². The van der Waals surface area contributed by atoms with Gasteiger partial charge in [0.1, 0.15) is 5.84 Å². The molecule has 0 aliphatic carbocycles. The second-order valence-electron chi connectivity index (χ2n) is 5.36. The fourth-order valence-corrected chi connectivity index (χ4v) is 2.89. The van der Waals surface area contributed by atoms with E-state index in [1.54, 1.807) is 11.9 Å². The Hall–Kier alpha value is -1.88. The zero-order valence-electron chi connectivity index (χ0n) is 11.7. The summed E-state index contributed by atoms with van der Waals surface area (Å²) in [7, 11) is 1.76. The Morgan fingerprint density at radius 3 is 2.65 bits per heavy atom. The predicted octanol–water partition coefficient (Wildman–Crippen LogP) is 1.18. The molecule has 2 heterocycles. The first-order valence-corrected chi connectivity index (χ1v) is 7.14. The Morgan fingerprint density at radius 1 is 1.20 bits per heavy atom. The number of amides is 1. The Kier molecular flexibility index (Phi) is 3.44. The Bertz CT molecular complexity index is 549. The normalized spacial score (nSPS) is 23.2. The van der Waals surface area contributed by atoms with Crippen LogP contribution in [0.4, 0.5) is 5.69 Å². The number of hydrogen-bond donors (Lipinski definition) is 1. The lowest BCUT2D eigenvalue weighted by molar-refractivity contribution is -0.119. The summed E-state index contributed by atoms with van der Waals surface area (Å²) < 4.78 is 0. The molecule has 0 aromatic heterocycles. The fourth-order valence-electron chi connectivity index (χ4n) is 2.89. The lowest BCUT2D eigenvalue weighted by Gasteiger charge is -2.30. The zero-order chi connectivity index (χ0) is 14.1. The third kappa shape index (κ3) is 2.18. The van der Waals surface area contributed by atoms with Crippen LogP contribution in [-0.4, -0.2) is 42.9 Å². The molecule has 1 aromatic carbocycles. The van der Waals surface area contributed by atoms with Crippen LogP contribution in [0.1, 0.15) is 24.8 Å². The van der Waals surface area contributed by atoms with Crippen molar-refractivity contribution >= 4 is 17.4 Å². The van der Waals surface area contributed by atoms with Crippen molar-refractivity contribution in [2.45, 2.75) is 25.4 Å². The molecule has 1 unspecified atom stereocenters. The standard InChI is InChI=1S/C15H20N4O/c1-18-12-8-4-3-7-11(12)14(17-13(16)15(18)20)19-9-5-2-6-10-19/h3-4,7-8,13H,2,5-6,9-10,16H2,1H3. The van der Waals surface area contributed by atoms with Crippen molar-refractivity contribution in [2.75, 3.05) is 25.0 Å². The summed E-state index contributed by atoms with van der Waals surface area (Å²) >= 11 is 0.